The van der Waals surface area contributed by atoms with Crippen molar-refractivity contribution in [2.24, 2.45) is 5.92 Å². The van der Waals surface area contributed by atoms with Crippen molar-refractivity contribution in [3.05, 3.63) is 83.9 Å². The van der Waals surface area contributed by atoms with Crippen LogP contribution >= 0.6 is 0 Å². The molecule has 3 aromatic carbocycles. The van der Waals surface area contributed by atoms with E-state index >= 15 is 0 Å². The molecule has 2 heterocycles. The number of nitrogens with one attached hydrogen (secondary N) is 2. The summed E-state index contributed by atoms with van der Waals surface area (Å²) in [6, 6.07) is 23.9. The molecule has 1 aliphatic rings. The normalized spacial score (nSPS) is 17.2. The van der Waals surface area contributed by atoms with Crippen LogP contribution in [0.5, 0.6) is 5.75 Å². The molecule has 2 atom stereocenters. The number of H-pyrrole nitrogens is 1. The number of ether oxygens (including phenoxy) is 1. The third kappa shape index (κ3) is 5.77. The Balaban J connectivity index is 1.15. The van der Waals surface area contributed by atoms with Gasteiger partial charge in [0.2, 0.25) is 0 Å². The fraction of sp³-hybridized carbons (Fsp3) is 0.267. The van der Waals surface area contributed by atoms with Gasteiger partial charge in [0.15, 0.2) is 5.82 Å². The van der Waals surface area contributed by atoms with Crippen LogP contribution in [0, 0.1) is 5.92 Å². The van der Waals surface area contributed by atoms with E-state index in [2.05, 4.69) is 32.6 Å². The molecular formula is C30H29N5O4. The largest absolute Gasteiger partial charge is 0.489 e. The Morgan fingerprint density at radius 1 is 1.03 bits per heavy atom. The van der Waals surface area contributed by atoms with Gasteiger partial charge in [0.1, 0.15) is 12.4 Å². The second-order valence-electron chi connectivity index (χ2n) is 9.95. The fourth-order valence-corrected chi connectivity index (χ4v) is 5.37. The second-order valence-corrected chi connectivity index (χ2v) is 9.95. The van der Waals surface area contributed by atoms with Crippen LogP contribution in [0.25, 0.3) is 22.7 Å². The lowest BCUT2D eigenvalue weighted by atomic mass is 9.74. The Morgan fingerprint density at radius 3 is 2.77 bits per heavy atom. The number of aliphatic carboxylic acids is 1. The predicted molar refractivity (Wildman–Crippen MR) is 147 cm³/mol. The van der Waals surface area contributed by atoms with Crippen molar-refractivity contribution in [1.29, 1.82) is 0 Å². The van der Waals surface area contributed by atoms with Crippen LogP contribution in [-0.2, 0) is 11.4 Å². The molecule has 1 fully saturated rings. The molecule has 0 saturated heterocycles. The first-order valence-electron chi connectivity index (χ1n) is 13.2. The summed E-state index contributed by atoms with van der Waals surface area (Å²) in [4.78, 5) is 19.3. The van der Waals surface area contributed by atoms with E-state index in [1.807, 2.05) is 60.7 Å². The smallest absolute Gasteiger partial charge is 0.320 e. The van der Waals surface area contributed by atoms with E-state index in [-0.39, 0.29) is 30.2 Å². The number of aromatic amines is 1. The maximum absolute atomic E-state index is 11.4. The van der Waals surface area contributed by atoms with Gasteiger partial charge in [-0.1, -0.05) is 60.4 Å². The molecule has 0 radical (unpaired) electrons. The highest BCUT2D eigenvalue weighted by Crippen LogP contribution is 2.40. The zero-order chi connectivity index (χ0) is 26.6. The molecule has 2 aromatic heterocycles. The van der Waals surface area contributed by atoms with Crippen molar-refractivity contribution < 1.29 is 19.1 Å². The van der Waals surface area contributed by atoms with Gasteiger partial charge in [-0.3, -0.25) is 4.79 Å². The summed E-state index contributed by atoms with van der Waals surface area (Å²) >= 11 is 0. The minimum Gasteiger partial charge on any atom is -0.489 e. The Morgan fingerprint density at radius 2 is 1.90 bits per heavy atom. The van der Waals surface area contributed by atoms with Crippen LogP contribution in [0.4, 0.5) is 11.7 Å². The van der Waals surface area contributed by atoms with Crippen LogP contribution < -0.4 is 10.1 Å². The molecule has 39 heavy (non-hydrogen) atoms. The molecule has 3 N–H and O–H groups in total. The van der Waals surface area contributed by atoms with Gasteiger partial charge < -0.3 is 24.6 Å². The number of carbonyl (C=O) groups is 1. The lowest BCUT2D eigenvalue weighted by Crippen LogP contribution is -2.20. The molecule has 0 aliphatic heterocycles. The summed E-state index contributed by atoms with van der Waals surface area (Å²) in [6.45, 7) is 0.476. The Bertz CT molecular complexity index is 1580. The van der Waals surface area contributed by atoms with Crippen molar-refractivity contribution in [2.75, 3.05) is 5.32 Å². The number of carboxylic acids is 1. The summed E-state index contributed by atoms with van der Waals surface area (Å²) in [7, 11) is 0. The van der Waals surface area contributed by atoms with Gasteiger partial charge in [-0.2, -0.15) is 0 Å². The number of rotatable bonds is 9. The summed E-state index contributed by atoms with van der Waals surface area (Å²) in [6.07, 6.45) is 4.35. The highest BCUT2D eigenvalue weighted by atomic mass is 16.5. The first kappa shape index (κ1) is 24.7. The molecule has 1 aliphatic carbocycles. The Kier molecular flexibility index (Phi) is 6.95. The molecule has 0 spiro atoms. The fourth-order valence-electron chi connectivity index (χ4n) is 5.37. The van der Waals surface area contributed by atoms with Crippen LogP contribution in [0.3, 0.4) is 0 Å². The SMILES string of the molecule is O=C(O)CC1CCCCC1c1ccc2[nH]c(-c3nnc(Nc4cccc(OCc5ccccc5)c4)o3)nc2c1. The topological polar surface area (TPSA) is 126 Å². The molecular weight excluding hydrogens is 494 g/mol. The zero-order valence-electron chi connectivity index (χ0n) is 21.3. The molecule has 9 heteroatoms. The quantitative estimate of drug-likeness (QED) is 0.195. The van der Waals surface area contributed by atoms with E-state index in [4.69, 9.17) is 14.1 Å². The Hall–Kier alpha value is -4.66. The molecule has 198 valence electrons. The van der Waals surface area contributed by atoms with Crippen LogP contribution in [0.15, 0.2) is 77.2 Å². The van der Waals surface area contributed by atoms with Crippen molar-refractivity contribution in [3.8, 4) is 17.5 Å². The summed E-state index contributed by atoms with van der Waals surface area (Å²) < 4.78 is 11.8. The third-order valence-electron chi connectivity index (χ3n) is 7.24. The number of imidazole rings is 1. The molecule has 0 bridgehead atoms. The number of anilines is 2. The number of benzene rings is 3. The van der Waals surface area contributed by atoms with Gasteiger partial charge in [0.05, 0.1) is 11.0 Å². The summed E-state index contributed by atoms with van der Waals surface area (Å²) in [5.41, 5.74) is 4.63. The number of fused-ring (bicyclic) bond motifs is 1. The Labute approximate surface area is 225 Å². The monoisotopic (exact) mass is 523 g/mol. The van der Waals surface area contributed by atoms with E-state index < -0.39 is 5.97 Å². The van der Waals surface area contributed by atoms with E-state index in [0.717, 1.165) is 59.3 Å². The molecule has 2 unspecified atom stereocenters. The minimum atomic E-state index is -0.734. The molecule has 6 rings (SSSR count). The average Bonchev–Trinajstić information content (AvgIpc) is 3.59. The minimum absolute atomic E-state index is 0.152. The predicted octanol–water partition coefficient (Wildman–Crippen LogP) is 6.68. The number of aromatic nitrogens is 4. The highest BCUT2D eigenvalue weighted by molar-refractivity contribution is 5.79. The number of carboxylic acid groups (broad SMARTS) is 1. The van der Waals surface area contributed by atoms with Gasteiger partial charge in [-0.05, 0) is 60.1 Å². The van der Waals surface area contributed by atoms with Gasteiger partial charge in [0, 0.05) is 18.2 Å². The van der Waals surface area contributed by atoms with Crippen molar-refractivity contribution in [1.82, 2.24) is 20.2 Å². The van der Waals surface area contributed by atoms with E-state index in [1.165, 1.54) is 0 Å². The van der Waals surface area contributed by atoms with Gasteiger partial charge in [-0.25, -0.2) is 4.98 Å². The summed E-state index contributed by atoms with van der Waals surface area (Å²) in [5.74, 6) is 1.12. The van der Waals surface area contributed by atoms with Gasteiger partial charge in [0.25, 0.3) is 5.89 Å². The van der Waals surface area contributed by atoms with Gasteiger partial charge >= 0.3 is 12.0 Å². The lowest BCUT2D eigenvalue weighted by Gasteiger charge is -2.31. The first-order valence-corrected chi connectivity index (χ1v) is 13.2. The van der Waals surface area contributed by atoms with Crippen LogP contribution in [0.1, 0.15) is 49.1 Å². The summed E-state index contributed by atoms with van der Waals surface area (Å²) in [5, 5.41) is 20.8. The van der Waals surface area contributed by atoms with Crippen LogP contribution in [-0.4, -0.2) is 31.2 Å². The molecule has 5 aromatic rings. The molecule has 1 saturated carbocycles. The van der Waals surface area contributed by atoms with Crippen molar-refractivity contribution in [3.63, 3.8) is 0 Å². The lowest BCUT2D eigenvalue weighted by molar-refractivity contribution is -0.138. The maximum atomic E-state index is 11.4. The average molecular weight is 524 g/mol. The maximum Gasteiger partial charge on any atom is 0.320 e. The standard InChI is InChI=1S/C30H29N5O4/c36-27(37)16-20-9-4-5-12-24(20)21-13-14-25-26(15-21)33-28(32-25)29-34-35-30(39-29)31-22-10-6-11-23(17-22)38-18-19-7-2-1-3-8-19/h1-3,6-8,10-11,13-15,17,20,24H,4-5,9,12,16,18H2,(H,31,35)(H,32,33)(H,36,37). The number of nitrogens with zero attached hydrogens (tertiary/aromatic N) is 3. The highest BCUT2D eigenvalue weighted by Gasteiger charge is 2.28. The zero-order valence-corrected chi connectivity index (χ0v) is 21.3. The number of hydrogen-bond donors (Lipinski definition) is 3. The van der Waals surface area contributed by atoms with E-state index in [1.54, 1.807) is 0 Å². The van der Waals surface area contributed by atoms with Crippen LogP contribution in [0.2, 0.25) is 0 Å². The second kappa shape index (κ2) is 11.0. The van der Waals surface area contributed by atoms with Gasteiger partial charge in [-0.15, -0.1) is 5.10 Å². The first-order chi connectivity index (χ1) is 19.1. The molecule has 9 nitrogen and oxygen atoms in total. The third-order valence-corrected chi connectivity index (χ3v) is 7.24. The molecule has 0 amide bonds. The van der Waals surface area contributed by atoms with Crippen molar-refractivity contribution >= 4 is 28.7 Å². The van der Waals surface area contributed by atoms with Crippen molar-refractivity contribution in [2.45, 2.75) is 44.6 Å². The number of hydrogen-bond acceptors (Lipinski definition) is 7. The van der Waals surface area contributed by atoms with E-state index in [9.17, 15) is 9.90 Å². The van der Waals surface area contributed by atoms with E-state index in [0.29, 0.717) is 12.4 Å².